The maximum Gasteiger partial charge on any atom is 0.429 e. The highest BCUT2D eigenvalue weighted by Crippen LogP contribution is 2.12. The second kappa shape index (κ2) is 6.78. The Morgan fingerprint density at radius 3 is 1.90 bits per heavy atom. The van der Waals surface area contributed by atoms with Crippen LogP contribution in [0.15, 0.2) is 0 Å². The number of amides is 2. The fraction of sp³-hybridized carbons (Fsp3) is 0.846. The zero-order valence-electron chi connectivity index (χ0n) is 13.3. The molecule has 0 aromatic carbocycles. The maximum atomic E-state index is 12.0. The molecule has 0 radical (unpaired) electrons. The number of nitrogens with zero attached hydrogens (tertiary/aromatic N) is 1. The Hall–Kier alpha value is -1.50. The summed E-state index contributed by atoms with van der Waals surface area (Å²) in [6.45, 7) is 11.5. The van der Waals surface area contributed by atoms with Crippen LogP contribution >= 0.6 is 0 Å². The van der Waals surface area contributed by atoms with Crippen LogP contribution in [0.2, 0.25) is 0 Å². The van der Waals surface area contributed by atoms with Gasteiger partial charge in [-0.3, -0.25) is 0 Å². The highest BCUT2D eigenvalue weighted by Gasteiger charge is 2.29. The smallest absolute Gasteiger partial charge is 0.429 e. The molecule has 118 valence electrons. The summed E-state index contributed by atoms with van der Waals surface area (Å²) >= 11 is 0. The summed E-state index contributed by atoms with van der Waals surface area (Å²) in [7, 11) is 0. The molecule has 0 aromatic heterocycles. The van der Waals surface area contributed by atoms with E-state index in [0.717, 1.165) is 5.01 Å². The van der Waals surface area contributed by atoms with Crippen LogP contribution in [0.25, 0.3) is 0 Å². The SMILES string of the molecule is C[C@@H](CO)N(NC(=O)OC(C)(C)C)C(=O)OC(C)(C)C. The third-order valence-electron chi connectivity index (χ3n) is 1.91. The van der Waals surface area contributed by atoms with Gasteiger partial charge in [-0.2, -0.15) is 0 Å². The minimum Gasteiger partial charge on any atom is -0.443 e. The van der Waals surface area contributed by atoms with Gasteiger partial charge in [0.25, 0.3) is 0 Å². The van der Waals surface area contributed by atoms with E-state index in [1.54, 1.807) is 48.5 Å². The molecule has 0 saturated carbocycles. The molecule has 2 amide bonds. The van der Waals surface area contributed by atoms with Gasteiger partial charge in [-0.1, -0.05) is 0 Å². The molecule has 0 saturated heterocycles. The summed E-state index contributed by atoms with van der Waals surface area (Å²) in [6, 6.07) is -0.641. The van der Waals surface area contributed by atoms with Crippen molar-refractivity contribution in [3.63, 3.8) is 0 Å². The summed E-state index contributed by atoms with van der Waals surface area (Å²) in [5, 5.41) is 10.1. The zero-order chi connectivity index (χ0) is 16.1. The normalized spacial score (nSPS) is 13.4. The van der Waals surface area contributed by atoms with Crippen molar-refractivity contribution >= 4 is 12.2 Å². The number of hydrogen-bond donors (Lipinski definition) is 2. The van der Waals surface area contributed by atoms with Crippen molar-refractivity contribution in [3.05, 3.63) is 0 Å². The number of carbonyl (C=O) groups is 2. The number of ether oxygens (including phenoxy) is 2. The number of aliphatic hydroxyl groups excluding tert-OH is 1. The highest BCUT2D eigenvalue weighted by molar-refractivity contribution is 5.74. The lowest BCUT2D eigenvalue weighted by atomic mass is 10.2. The number of hydrogen-bond acceptors (Lipinski definition) is 5. The second-order valence-electron chi connectivity index (χ2n) is 6.50. The van der Waals surface area contributed by atoms with E-state index in [1.807, 2.05) is 0 Å². The standard InChI is InChI=1S/C13H26N2O5/c1-9(8-16)15(11(18)20-13(5,6)7)14-10(17)19-12(2,3)4/h9,16H,8H2,1-7H3,(H,14,17)/t9-/m0/s1. The molecule has 2 N–H and O–H groups in total. The van der Waals surface area contributed by atoms with Crippen molar-refractivity contribution < 1.29 is 24.2 Å². The van der Waals surface area contributed by atoms with Gasteiger partial charge in [-0.15, -0.1) is 0 Å². The molecule has 0 fully saturated rings. The fourth-order valence-electron chi connectivity index (χ4n) is 1.13. The molecule has 0 rings (SSSR count). The molecule has 0 aliphatic rings. The monoisotopic (exact) mass is 290 g/mol. The van der Waals surface area contributed by atoms with Gasteiger partial charge in [0.15, 0.2) is 0 Å². The molecule has 0 unspecified atom stereocenters. The fourth-order valence-corrected chi connectivity index (χ4v) is 1.13. The minimum atomic E-state index is -0.788. The summed E-state index contributed by atoms with van der Waals surface area (Å²) in [5.41, 5.74) is 0.888. The Bertz CT molecular complexity index is 344. The van der Waals surface area contributed by atoms with Gasteiger partial charge in [-0.25, -0.2) is 20.0 Å². The summed E-state index contributed by atoms with van der Waals surface area (Å²) < 4.78 is 10.2. The van der Waals surface area contributed by atoms with E-state index in [4.69, 9.17) is 14.6 Å². The van der Waals surface area contributed by atoms with E-state index in [9.17, 15) is 9.59 Å². The van der Waals surface area contributed by atoms with E-state index < -0.39 is 29.4 Å². The lowest BCUT2D eigenvalue weighted by molar-refractivity contribution is -0.0138. The van der Waals surface area contributed by atoms with Crippen molar-refractivity contribution in [3.8, 4) is 0 Å². The first-order valence-corrected chi connectivity index (χ1v) is 6.48. The quantitative estimate of drug-likeness (QED) is 0.760. The Morgan fingerprint density at radius 2 is 1.55 bits per heavy atom. The lowest BCUT2D eigenvalue weighted by Crippen LogP contribution is -2.54. The molecular weight excluding hydrogens is 264 g/mol. The molecule has 20 heavy (non-hydrogen) atoms. The first kappa shape index (κ1) is 18.5. The molecule has 0 aromatic rings. The van der Waals surface area contributed by atoms with Crippen LogP contribution in [0.4, 0.5) is 9.59 Å². The van der Waals surface area contributed by atoms with Gasteiger partial charge in [0, 0.05) is 0 Å². The number of rotatable bonds is 2. The topological polar surface area (TPSA) is 88.1 Å². The molecule has 7 heteroatoms. The third kappa shape index (κ3) is 7.83. The van der Waals surface area contributed by atoms with E-state index in [1.165, 1.54) is 0 Å². The molecule has 0 heterocycles. The van der Waals surface area contributed by atoms with Gasteiger partial charge < -0.3 is 14.6 Å². The van der Waals surface area contributed by atoms with Crippen molar-refractivity contribution in [1.29, 1.82) is 0 Å². The molecule has 0 aliphatic heterocycles. The Balaban J connectivity index is 4.82. The lowest BCUT2D eigenvalue weighted by Gasteiger charge is -2.31. The van der Waals surface area contributed by atoms with Crippen LogP contribution in [0, 0.1) is 0 Å². The van der Waals surface area contributed by atoms with Crippen molar-refractivity contribution in [2.24, 2.45) is 0 Å². The molecular formula is C13H26N2O5. The molecule has 0 spiro atoms. The summed E-state index contributed by atoms with van der Waals surface area (Å²) in [5.74, 6) is 0. The van der Waals surface area contributed by atoms with Crippen LogP contribution in [0.3, 0.4) is 0 Å². The van der Waals surface area contributed by atoms with E-state index in [0.29, 0.717) is 0 Å². The number of carbonyl (C=O) groups excluding carboxylic acids is 2. The minimum absolute atomic E-state index is 0.324. The van der Waals surface area contributed by atoms with Crippen molar-refractivity contribution in [1.82, 2.24) is 10.4 Å². The first-order valence-electron chi connectivity index (χ1n) is 6.48. The van der Waals surface area contributed by atoms with Gasteiger partial charge in [0.1, 0.15) is 11.2 Å². The highest BCUT2D eigenvalue weighted by atomic mass is 16.6. The van der Waals surface area contributed by atoms with Crippen LogP contribution in [-0.4, -0.2) is 46.2 Å². The average molecular weight is 290 g/mol. The summed E-state index contributed by atoms with van der Waals surface area (Å²) in [4.78, 5) is 23.7. The van der Waals surface area contributed by atoms with Gasteiger partial charge in [0.2, 0.25) is 0 Å². The van der Waals surface area contributed by atoms with Crippen molar-refractivity contribution in [2.75, 3.05) is 6.61 Å². The maximum absolute atomic E-state index is 12.0. The van der Waals surface area contributed by atoms with Gasteiger partial charge in [-0.05, 0) is 48.5 Å². The van der Waals surface area contributed by atoms with E-state index >= 15 is 0 Å². The van der Waals surface area contributed by atoms with E-state index in [-0.39, 0.29) is 6.61 Å². The number of nitrogens with one attached hydrogen (secondary N) is 1. The van der Waals surface area contributed by atoms with Crippen molar-refractivity contribution in [2.45, 2.75) is 65.7 Å². The number of hydrazine groups is 1. The molecule has 7 nitrogen and oxygen atoms in total. The average Bonchev–Trinajstić information content (AvgIpc) is 2.19. The predicted octanol–water partition coefficient (Wildman–Crippen LogP) is 2.04. The van der Waals surface area contributed by atoms with Gasteiger partial charge in [0.05, 0.1) is 12.6 Å². The Kier molecular flexibility index (Phi) is 6.28. The Labute approximate surface area is 120 Å². The van der Waals surface area contributed by atoms with E-state index in [2.05, 4.69) is 5.43 Å². The van der Waals surface area contributed by atoms with Crippen LogP contribution in [0.1, 0.15) is 48.5 Å². The third-order valence-corrected chi connectivity index (χ3v) is 1.91. The summed E-state index contributed by atoms with van der Waals surface area (Å²) in [6.07, 6.45) is -1.55. The van der Waals surface area contributed by atoms with Crippen LogP contribution in [-0.2, 0) is 9.47 Å². The van der Waals surface area contributed by atoms with Gasteiger partial charge >= 0.3 is 12.2 Å². The largest absolute Gasteiger partial charge is 0.443 e. The second-order valence-corrected chi connectivity index (χ2v) is 6.50. The number of aliphatic hydroxyl groups is 1. The zero-order valence-corrected chi connectivity index (χ0v) is 13.3. The first-order chi connectivity index (χ1) is 8.85. The molecule has 1 atom stereocenters. The predicted molar refractivity (Wildman–Crippen MR) is 74.0 cm³/mol. The van der Waals surface area contributed by atoms with Crippen LogP contribution < -0.4 is 5.43 Å². The Morgan fingerprint density at radius 1 is 1.10 bits per heavy atom. The van der Waals surface area contributed by atoms with Crippen LogP contribution in [0.5, 0.6) is 0 Å². The molecule has 0 bridgehead atoms. The molecule has 0 aliphatic carbocycles.